The van der Waals surface area contributed by atoms with Gasteiger partial charge in [0.1, 0.15) is 0 Å². The summed E-state index contributed by atoms with van der Waals surface area (Å²) in [5.41, 5.74) is 4.45. The number of nitrogens with one attached hydrogen (secondary N) is 1. The molecule has 0 unspecified atom stereocenters. The number of anilines is 1. The first-order chi connectivity index (χ1) is 9.82. The maximum Gasteiger partial charge on any atom is 0.232 e. The third kappa shape index (κ3) is 3.64. The average molecular weight is 307 g/mol. The molecule has 1 heterocycles. The molecule has 0 saturated heterocycles. The highest BCUT2D eigenvalue weighted by Crippen LogP contribution is 2.21. The van der Waals surface area contributed by atoms with Gasteiger partial charge in [-0.05, 0) is 33.3 Å². The van der Waals surface area contributed by atoms with Crippen LogP contribution in [0.5, 0.6) is 0 Å². The van der Waals surface area contributed by atoms with Gasteiger partial charge in [-0.15, -0.1) is 0 Å². The fourth-order valence-corrected chi connectivity index (χ4v) is 2.84. The highest BCUT2D eigenvalue weighted by Gasteiger charge is 2.16. The third-order valence-corrected chi connectivity index (χ3v) is 4.75. The van der Waals surface area contributed by atoms with E-state index in [4.69, 9.17) is 0 Å². The summed E-state index contributed by atoms with van der Waals surface area (Å²) in [5, 5.41) is 4.44. The first-order valence-corrected chi connectivity index (χ1v) is 8.57. The first kappa shape index (κ1) is 15.6. The van der Waals surface area contributed by atoms with E-state index in [1.54, 1.807) is 6.92 Å². The topological polar surface area (TPSA) is 64.0 Å². The van der Waals surface area contributed by atoms with Gasteiger partial charge in [-0.1, -0.05) is 29.8 Å². The monoisotopic (exact) mass is 307 g/mol. The van der Waals surface area contributed by atoms with Crippen molar-refractivity contribution in [2.45, 2.75) is 34.2 Å². The van der Waals surface area contributed by atoms with Crippen molar-refractivity contribution in [1.29, 1.82) is 0 Å². The molecule has 0 radical (unpaired) electrons. The predicted molar refractivity (Wildman–Crippen MR) is 85.1 cm³/mol. The number of benzene rings is 1. The lowest BCUT2D eigenvalue weighted by Crippen LogP contribution is -2.15. The van der Waals surface area contributed by atoms with Crippen LogP contribution >= 0.6 is 0 Å². The highest BCUT2D eigenvalue weighted by molar-refractivity contribution is 7.92. The summed E-state index contributed by atoms with van der Waals surface area (Å²) in [7, 11) is -3.29. The highest BCUT2D eigenvalue weighted by atomic mass is 32.2. The number of hydrogen-bond donors (Lipinski definition) is 1. The van der Waals surface area contributed by atoms with Gasteiger partial charge in [-0.3, -0.25) is 9.40 Å². The first-order valence-electron chi connectivity index (χ1n) is 6.92. The smallest absolute Gasteiger partial charge is 0.232 e. The van der Waals surface area contributed by atoms with Gasteiger partial charge in [0.15, 0.2) is 0 Å². The van der Waals surface area contributed by atoms with Gasteiger partial charge in [0.25, 0.3) is 0 Å². The quantitative estimate of drug-likeness (QED) is 0.923. The molecule has 0 bridgehead atoms. The molecule has 6 heteroatoms. The Kier molecular flexibility index (Phi) is 4.37. The standard InChI is InChI=1S/C15H21N3O2S/c1-5-21(19,20)17-15-12(3)16-18(13(15)4)10-14-8-6-11(2)7-9-14/h6-9,17H,5,10H2,1-4H3. The van der Waals surface area contributed by atoms with Crippen LogP contribution in [-0.4, -0.2) is 24.0 Å². The molecule has 5 nitrogen and oxygen atoms in total. The van der Waals surface area contributed by atoms with Crippen LogP contribution in [0.2, 0.25) is 0 Å². The van der Waals surface area contributed by atoms with Gasteiger partial charge in [0.05, 0.1) is 29.4 Å². The van der Waals surface area contributed by atoms with Crippen molar-refractivity contribution in [3.05, 3.63) is 46.8 Å². The summed E-state index contributed by atoms with van der Waals surface area (Å²) in [5.74, 6) is 0.0506. The molecule has 114 valence electrons. The number of aryl methyl sites for hydroxylation is 2. The van der Waals surface area contributed by atoms with E-state index in [0.717, 1.165) is 11.3 Å². The molecule has 0 saturated carbocycles. The van der Waals surface area contributed by atoms with Crippen LogP contribution in [0.25, 0.3) is 0 Å². The SMILES string of the molecule is CCS(=O)(=O)Nc1c(C)nn(Cc2ccc(C)cc2)c1C. The molecule has 0 spiro atoms. The van der Waals surface area contributed by atoms with Crippen molar-refractivity contribution in [1.82, 2.24) is 9.78 Å². The predicted octanol–water partition coefficient (Wildman–Crippen LogP) is 2.62. The molecule has 0 aliphatic rings. The summed E-state index contributed by atoms with van der Waals surface area (Å²) in [6, 6.07) is 8.23. The Balaban J connectivity index is 2.28. The van der Waals surface area contributed by atoms with E-state index in [2.05, 4.69) is 34.1 Å². The van der Waals surface area contributed by atoms with E-state index < -0.39 is 10.0 Å². The molecule has 0 atom stereocenters. The average Bonchev–Trinajstić information content (AvgIpc) is 2.69. The summed E-state index contributed by atoms with van der Waals surface area (Å²) in [6.45, 7) is 7.98. The molecular weight excluding hydrogens is 286 g/mol. The lowest BCUT2D eigenvalue weighted by molar-refractivity contribution is 0.602. The van der Waals surface area contributed by atoms with Crippen LogP contribution in [0.3, 0.4) is 0 Å². The van der Waals surface area contributed by atoms with Crippen LogP contribution in [0, 0.1) is 20.8 Å². The minimum absolute atomic E-state index is 0.0506. The lowest BCUT2D eigenvalue weighted by atomic mass is 10.1. The Labute approximate surface area is 126 Å². The molecule has 1 N–H and O–H groups in total. The van der Waals surface area contributed by atoms with Gasteiger partial charge >= 0.3 is 0 Å². The minimum Gasteiger partial charge on any atom is -0.280 e. The second-order valence-electron chi connectivity index (χ2n) is 5.19. The van der Waals surface area contributed by atoms with Gasteiger partial charge in [-0.2, -0.15) is 5.10 Å². The lowest BCUT2D eigenvalue weighted by Gasteiger charge is -2.08. The molecule has 21 heavy (non-hydrogen) atoms. The fourth-order valence-electron chi connectivity index (χ4n) is 2.09. The van der Waals surface area contributed by atoms with Crippen molar-refractivity contribution in [3.8, 4) is 0 Å². The maximum atomic E-state index is 11.7. The van der Waals surface area contributed by atoms with E-state index in [1.807, 2.05) is 25.5 Å². The normalized spacial score (nSPS) is 11.6. The van der Waals surface area contributed by atoms with Crippen LogP contribution < -0.4 is 4.72 Å². The number of rotatable bonds is 5. The number of nitrogens with zero attached hydrogens (tertiary/aromatic N) is 2. The Hall–Kier alpha value is -1.82. The molecule has 0 fully saturated rings. The molecule has 1 aromatic carbocycles. The van der Waals surface area contributed by atoms with E-state index in [0.29, 0.717) is 17.9 Å². The molecule has 1 aromatic heterocycles. The van der Waals surface area contributed by atoms with Crippen molar-refractivity contribution >= 4 is 15.7 Å². The van der Waals surface area contributed by atoms with Crippen LogP contribution in [0.1, 0.15) is 29.4 Å². The second-order valence-corrected chi connectivity index (χ2v) is 7.21. The number of aromatic nitrogens is 2. The maximum absolute atomic E-state index is 11.7. The summed E-state index contributed by atoms with van der Waals surface area (Å²) < 4.78 is 27.9. The largest absolute Gasteiger partial charge is 0.280 e. The Bertz CT molecular complexity index is 731. The Morgan fingerprint density at radius 1 is 1.14 bits per heavy atom. The van der Waals surface area contributed by atoms with Crippen molar-refractivity contribution in [3.63, 3.8) is 0 Å². The minimum atomic E-state index is -3.29. The zero-order valence-electron chi connectivity index (χ0n) is 12.8. The fraction of sp³-hybridized carbons (Fsp3) is 0.400. The van der Waals surface area contributed by atoms with Gasteiger partial charge in [-0.25, -0.2) is 8.42 Å². The molecule has 0 aliphatic heterocycles. The zero-order valence-corrected chi connectivity index (χ0v) is 13.7. The molecule has 0 aliphatic carbocycles. The summed E-state index contributed by atoms with van der Waals surface area (Å²) in [4.78, 5) is 0. The van der Waals surface area contributed by atoms with Crippen molar-refractivity contribution in [2.24, 2.45) is 0 Å². The number of hydrogen-bond acceptors (Lipinski definition) is 3. The van der Waals surface area contributed by atoms with Gasteiger partial charge in [0, 0.05) is 0 Å². The second kappa shape index (κ2) is 5.89. The Morgan fingerprint density at radius 3 is 2.33 bits per heavy atom. The van der Waals surface area contributed by atoms with E-state index in [9.17, 15) is 8.42 Å². The summed E-state index contributed by atoms with van der Waals surface area (Å²) in [6.07, 6.45) is 0. The molecule has 2 aromatic rings. The number of sulfonamides is 1. The van der Waals surface area contributed by atoms with E-state index in [1.165, 1.54) is 5.56 Å². The molecular formula is C15H21N3O2S. The van der Waals surface area contributed by atoms with Gasteiger partial charge < -0.3 is 0 Å². The Morgan fingerprint density at radius 2 is 1.76 bits per heavy atom. The molecule has 2 rings (SSSR count). The van der Waals surface area contributed by atoms with Crippen LogP contribution in [0.4, 0.5) is 5.69 Å². The van der Waals surface area contributed by atoms with Gasteiger partial charge in [0.2, 0.25) is 10.0 Å². The zero-order chi connectivity index (χ0) is 15.6. The van der Waals surface area contributed by atoms with Crippen molar-refractivity contribution in [2.75, 3.05) is 10.5 Å². The van der Waals surface area contributed by atoms with Crippen LogP contribution in [-0.2, 0) is 16.6 Å². The molecule has 0 amide bonds. The summed E-state index contributed by atoms with van der Waals surface area (Å²) >= 11 is 0. The third-order valence-electron chi connectivity index (χ3n) is 3.47. The van der Waals surface area contributed by atoms with Crippen LogP contribution in [0.15, 0.2) is 24.3 Å². The van der Waals surface area contributed by atoms with E-state index >= 15 is 0 Å². The van der Waals surface area contributed by atoms with E-state index in [-0.39, 0.29) is 5.75 Å². The van der Waals surface area contributed by atoms with Crippen molar-refractivity contribution < 1.29 is 8.42 Å².